The summed E-state index contributed by atoms with van der Waals surface area (Å²) in [6.45, 7) is 4.20. The van der Waals surface area contributed by atoms with Gasteiger partial charge in [-0.2, -0.15) is 5.10 Å². The second kappa shape index (κ2) is 5.87. The number of aromatic nitrogens is 3. The maximum absolute atomic E-state index is 4.79. The number of fused-ring (bicyclic) bond motifs is 1. The van der Waals surface area contributed by atoms with Gasteiger partial charge in [-0.15, -0.1) is 0 Å². The van der Waals surface area contributed by atoms with E-state index in [1.165, 1.54) is 10.9 Å². The molecule has 0 radical (unpaired) electrons. The predicted molar refractivity (Wildman–Crippen MR) is 101 cm³/mol. The minimum absolute atomic E-state index is 0.949. The molecule has 0 saturated carbocycles. The second-order valence-electron chi connectivity index (χ2n) is 5.90. The first-order valence-electron chi connectivity index (χ1n) is 7.80. The number of nitrogens with zero attached hydrogens (tertiary/aromatic N) is 3. The van der Waals surface area contributed by atoms with Gasteiger partial charge < -0.3 is 0 Å². The van der Waals surface area contributed by atoms with Gasteiger partial charge in [-0.05, 0) is 49.2 Å². The van der Waals surface area contributed by atoms with Crippen LogP contribution in [-0.4, -0.2) is 14.8 Å². The SMILES string of the molecule is Cc1c(Br)cccc1-n1cc(-c2cc(C)c3ccccc3n2)cn1. The molecule has 0 aliphatic heterocycles. The lowest BCUT2D eigenvalue weighted by Gasteiger charge is -2.07. The van der Waals surface area contributed by atoms with Crippen LogP contribution < -0.4 is 0 Å². The van der Waals surface area contributed by atoms with Crippen molar-refractivity contribution < 1.29 is 0 Å². The van der Waals surface area contributed by atoms with Gasteiger partial charge in [0, 0.05) is 21.6 Å². The highest BCUT2D eigenvalue weighted by Gasteiger charge is 2.10. The summed E-state index contributed by atoms with van der Waals surface area (Å²) >= 11 is 3.58. The van der Waals surface area contributed by atoms with E-state index in [4.69, 9.17) is 4.98 Å². The van der Waals surface area contributed by atoms with Gasteiger partial charge >= 0.3 is 0 Å². The van der Waals surface area contributed by atoms with Gasteiger partial charge in [0.1, 0.15) is 0 Å². The number of benzene rings is 2. The summed E-state index contributed by atoms with van der Waals surface area (Å²) in [5.74, 6) is 0. The fourth-order valence-corrected chi connectivity index (χ4v) is 3.28. The minimum Gasteiger partial charge on any atom is -0.248 e. The number of pyridine rings is 1. The molecule has 0 unspecified atom stereocenters. The molecule has 0 amide bonds. The normalized spacial score (nSPS) is 11.1. The first-order valence-corrected chi connectivity index (χ1v) is 8.60. The number of hydrogen-bond acceptors (Lipinski definition) is 2. The third-order valence-electron chi connectivity index (χ3n) is 4.29. The van der Waals surface area contributed by atoms with Gasteiger partial charge in [-0.1, -0.05) is 40.2 Å². The highest BCUT2D eigenvalue weighted by molar-refractivity contribution is 9.10. The molecule has 4 heteroatoms. The molecule has 118 valence electrons. The molecule has 4 rings (SSSR count). The van der Waals surface area contributed by atoms with Gasteiger partial charge in [-0.25, -0.2) is 9.67 Å². The lowest BCUT2D eigenvalue weighted by atomic mass is 10.1. The Balaban J connectivity index is 1.82. The highest BCUT2D eigenvalue weighted by Crippen LogP contribution is 2.26. The Morgan fingerprint density at radius 1 is 1.00 bits per heavy atom. The molecule has 4 aromatic rings. The lowest BCUT2D eigenvalue weighted by molar-refractivity contribution is 0.871. The molecule has 2 aromatic heterocycles. The van der Waals surface area contributed by atoms with Crippen molar-refractivity contribution in [2.24, 2.45) is 0 Å². The molecule has 2 heterocycles. The van der Waals surface area contributed by atoms with E-state index in [0.717, 1.165) is 32.5 Å². The van der Waals surface area contributed by atoms with Gasteiger partial charge in [0.15, 0.2) is 0 Å². The van der Waals surface area contributed by atoms with E-state index in [2.05, 4.69) is 59.1 Å². The van der Waals surface area contributed by atoms with Crippen LogP contribution in [0.15, 0.2) is 65.4 Å². The van der Waals surface area contributed by atoms with E-state index in [1.54, 1.807) is 0 Å². The summed E-state index contributed by atoms with van der Waals surface area (Å²) in [5.41, 5.74) is 6.43. The summed E-state index contributed by atoms with van der Waals surface area (Å²) in [5, 5.41) is 5.72. The van der Waals surface area contributed by atoms with Crippen LogP contribution in [0, 0.1) is 13.8 Å². The Morgan fingerprint density at radius 3 is 2.71 bits per heavy atom. The van der Waals surface area contributed by atoms with E-state index in [0.29, 0.717) is 0 Å². The average Bonchev–Trinajstić information content (AvgIpc) is 3.07. The average molecular weight is 378 g/mol. The van der Waals surface area contributed by atoms with E-state index in [9.17, 15) is 0 Å². The Morgan fingerprint density at radius 2 is 1.83 bits per heavy atom. The van der Waals surface area contributed by atoms with Gasteiger partial charge in [-0.3, -0.25) is 0 Å². The van der Waals surface area contributed by atoms with Gasteiger partial charge in [0.05, 0.1) is 23.1 Å². The van der Waals surface area contributed by atoms with Crippen molar-refractivity contribution in [3.63, 3.8) is 0 Å². The molecule has 2 aromatic carbocycles. The van der Waals surface area contributed by atoms with E-state index in [1.807, 2.05) is 41.3 Å². The molecular weight excluding hydrogens is 362 g/mol. The molecule has 0 atom stereocenters. The van der Waals surface area contributed by atoms with Gasteiger partial charge in [0.2, 0.25) is 0 Å². The number of hydrogen-bond donors (Lipinski definition) is 0. The zero-order chi connectivity index (χ0) is 16.7. The molecule has 24 heavy (non-hydrogen) atoms. The van der Waals surface area contributed by atoms with Gasteiger partial charge in [0.25, 0.3) is 0 Å². The fourth-order valence-electron chi connectivity index (χ4n) is 2.93. The summed E-state index contributed by atoms with van der Waals surface area (Å²) in [6, 6.07) is 16.5. The van der Waals surface area contributed by atoms with Crippen LogP contribution >= 0.6 is 15.9 Å². The van der Waals surface area contributed by atoms with Crippen LogP contribution in [0.25, 0.3) is 27.8 Å². The third-order valence-corrected chi connectivity index (χ3v) is 5.15. The van der Waals surface area contributed by atoms with Crippen molar-refractivity contribution in [2.45, 2.75) is 13.8 Å². The molecule has 0 saturated heterocycles. The number of rotatable bonds is 2. The Kier molecular flexibility index (Phi) is 3.69. The van der Waals surface area contributed by atoms with E-state index >= 15 is 0 Å². The first kappa shape index (κ1) is 15.1. The Bertz CT molecular complexity index is 1050. The largest absolute Gasteiger partial charge is 0.248 e. The van der Waals surface area contributed by atoms with Crippen molar-refractivity contribution in [1.29, 1.82) is 0 Å². The van der Waals surface area contributed by atoms with Crippen LogP contribution in [0.5, 0.6) is 0 Å². The molecular formula is C20H16BrN3. The number of halogens is 1. The second-order valence-corrected chi connectivity index (χ2v) is 6.75. The molecule has 0 fully saturated rings. The van der Waals surface area contributed by atoms with Crippen molar-refractivity contribution in [1.82, 2.24) is 14.8 Å². The standard InChI is InChI=1S/C20H16BrN3/c1-13-10-19(23-18-8-4-3-6-16(13)18)15-11-22-24(12-15)20-9-5-7-17(21)14(20)2/h3-12H,1-2H3. The van der Waals surface area contributed by atoms with Crippen molar-refractivity contribution in [3.05, 3.63) is 76.5 Å². The Labute approximate surface area is 149 Å². The van der Waals surface area contributed by atoms with Crippen LogP contribution in [0.3, 0.4) is 0 Å². The number of aryl methyl sites for hydroxylation is 1. The minimum atomic E-state index is 0.949. The summed E-state index contributed by atoms with van der Waals surface area (Å²) in [7, 11) is 0. The van der Waals surface area contributed by atoms with Crippen LogP contribution in [0.2, 0.25) is 0 Å². The quantitative estimate of drug-likeness (QED) is 0.463. The summed E-state index contributed by atoms with van der Waals surface area (Å²) in [6.07, 6.45) is 3.90. The molecule has 0 spiro atoms. The first-order chi connectivity index (χ1) is 11.6. The summed E-state index contributed by atoms with van der Waals surface area (Å²) < 4.78 is 2.98. The summed E-state index contributed by atoms with van der Waals surface area (Å²) in [4.78, 5) is 4.79. The van der Waals surface area contributed by atoms with E-state index in [-0.39, 0.29) is 0 Å². The van der Waals surface area contributed by atoms with Crippen LogP contribution in [0.1, 0.15) is 11.1 Å². The fraction of sp³-hybridized carbons (Fsp3) is 0.100. The maximum atomic E-state index is 4.79. The third kappa shape index (κ3) is 2.53. The highest BCUT2D eigenvalue weighted by atomic mass is 79.9. The van der Waals surface area contributed by atoms with Crippen LogP contribution in [-0.2, 0) is 0 Å². The molecule has 0 aliphatic rings. The van der Waals surface area contributed by atoms with Crippen LogP contribution in [0.4, 0.5) is 0 Å². The zero-order valence-corrected chi connectivity index (χ0v) is 15.1. The lowest BCUT2D eigenvalue weighted by Crippen LogP contribution is -1.97. The van der Waals surface area contributed by atoms with Crippen molar-refractivity contribution in [2.75, 3.05) is 0 Å². The zero-order valence-electron chi connectivity index (χ0n) is 13.5. The maximum Gasteiger partial charge on any atom is 0.0744 e. The molecule has 0 N–H and O–H groups in total. The smallest absolute Gasteiger partial charge is 0.0744 e. The topological polar surface area (TPSA) is 30.7 Å². The Hall–Kier alpha value is -2.46. The van der Waals surface area contributed by atoms with Crippen molar-refractivity contribution in [3.8, 4) is 16.9 Å². The van der Waals surface area contributed by atoms with Crippen molar-refractivity contribution >= 4 is 26.8 Å². The van der Waals surface area contributed by atoms with E-state index < -0.39 is 0 Å². The molecule has 0 bridgehead atoms. The predicted octanol–water partition coefficient (Wildman–Crippen LogP) is 5.47. The molecule has 0 aliphatic carbocycles. The number of para-hydroxylation sites is 1. The monoisotopic (exact) mass is 377 g/mol. The molecule has 3 nitrogen and oxygen atoms in total.